The third-order valence-electron chi connectivity index (χ3n) is 3.07. The van der Waals surface area contributed by atoms with E-state index in [1.165, 1.54) is 22.6 Å². The maximum atomic E-state index is 12.3. The molecule has 0 bridgehead atoms. The molecule has 1 aliphatic heterocycles. The average Bonchev–Trinajstić information content (AvgIpc) is 2.39. The summed E-state index contributed by atoms with van der Waals surface area (Å²) in [6.45, 7) is 0.847. The minimum atomic E-state index is -3.54. The summed E-state index contributed by atoms with van der Waals surface area (Å²) in [5, 5.41) is 0. The molecule has 0 radical (unpaired) electrons. The van der Waals surface area contributed by atoms with Crippen molar-refractivity contribution in [3.63, 3.8) is 0 Å². The van der Waals surface area contributed by atoms with Crippen LogP contribution in [-0.4, -0.2) is 44.0 Å². The van der Waals surface area contributed by atoms with E-state index in [0.29, 0.717) is 13.1 Å². The molecule has 1 N–H and O–H groups in total. The van der Waals surface area contributed by atoms with Crippen LogP contribution < -0.4 is 5.56 Å². The summed E-state index contributed by atoms with van der Waals surface area (Å²) in [7, 11) is -1.95. The molecule has 1 unspecified atom stereocenters. The van der Waals surface area contributed by atoms with Crippen LogP contribution in [-0.2, 0) is 14.8 Å². The summed E-state index contributed by atoms with van der Waals surface area (Å²) in [6, 6.07) is 2.54. The number of hydrogen-bond donors (Lipinski definition) is 1. The summed E-state index contributed by atoms with van der Waals surface area (Å²) in [5.41, 5.74) is -0.317. The van der Waals surface area contributed by atoms with Crippen LogP contribution in [0.3, 0.4) is 0 Å². The van der Waals surface area contributed by atoms with Crippen LogP contribution in [0.2, 0.25) is 0 Å². The number of aromatic amines is 1. The number of H-pyrrole nitrogens is 1. The van der Waals surface area contributed by atoms with Gasteiger partial charge in [0.25, 0.3) is 0 Å². The Morgan fingerprint density at radius 1 is 1.44 bits per heavy atom. The van der Waals surface area contributed by atoms with Crippen LogP contribution in [0.5, 0.6) is 0 Å². The molecular weight excluding hydrogens is 256 g/mol. The molecule has 1 fully saturated rings. The van der Waals surface area contributed by atoms with Crippen molar-refractivity contribution >= 4 is 10.0 Å². The van der Waals surface area contributed by atoms with E-state index in [4.69, 9.17) is 4.74 Å². The zero-order valence-electron chi connectivity index (χ0n) is 10.1. The quantitative estimate of drug-likeness (QED) is 0.851. The van der Waals surface area contributed by atoms with Gasteiger partial charge in [-0.25, -0.2) is 8.42 Å². The van der Waals surface area contributed by atoms with E-state index in [1.807, 2.05) is 0 Å². The molecule has 1 aromatic rings. The highest BCUT2D eigenvalue weighted by atomic mass is 32.2. The van der Waals surface area contributed by atoms with Gasteiger partial charge in [-0.15, -0.1) is 0 Å². The van der Waals surface area contributed by atoms with E-state index in [0.717, 1.165) is 12.8 Å². The van der Waals surface area contributed by atoms with Gasteiger partial charge in [0.2, 0.25) is 15.6 Å². The summed E-state index contributed by atoms with van der Waals surface area (Å²) in [6.07, 6.45) is 2.82. The highest BCUT2D eigenvalue weighted by Gasteiger charge is 2.30. The van der Waals surface area contributed by atoms with Gasteiger partial charge in [-0.1, -0.05) is 0 Å². The van der Waals surface area contributed by atoms with Gasteiger partial charge >= 0.3 is 0 Å². The lowest BCUT2D eigenvalue weighted by Crippen LogP contribution is -2.42. The van der Waals surface area contributed by atoms with Crippen molar-refractivity contribution < 1.29 is 13.2 Å². The van der Waals surface area contributed by atoms with Crippen LogP contribution in [0.15, 0.2) is 28.0 Å². The van der Waals surface area contributed by atoms with Gasteiger partial charge < -0.3 is 9.72 Å². The predicted molar refractivity (Wildman–Crippen MR) is 65.9 cm³/mol. The second-order valence-corrected chi connectivity index (χ2v) is 6.19. The standard InChI is InChI=1S/C11H16N2O4S/c1-17-9-3-2-6-13(8-9)18(15,16)10-4-5-11(14)12-7-10/h4-5,7,9H,2-3,6,8H2,1H3,(H,12,14). The zero-order valence-corrected chi connectivity index (χ0v) is 10.9. The Labute approximate surface area is 106 Å². The lowest BCUT2D eigenvalue weighted by atomic mass is 10.1. The van der Waals surface area contributed by atoms with Crippen LogP contribution in [0.25, 0.3) is 0 Å². The van der Waals surface area contributed by atoms with Gasteiger partial charge in [0.05, 0.1) is 11.0 Å². The molecule has 6 nitrogen and oxygen atoms in total. The van der Waals surface area contributed by atoms with Gasteiger partial charge in [-0.2, -0.15) is 4.31 Å². The number of rotatable bonds is 3. The second kappa shape index (κ2) is 5.21. The Bertz CT molecular complexity index is 546. The number of ether oxygens (including phenoxy) is 1. The lowest BCUT2D eigenvalue weighted by molar-refractivity contribution is 0.0572. The van der Waals surface area contributed by atoms with E-state index >= 15 is 0 Å². The van der Waals surface area contributed by atoms with Crippen LogP contribution >= 0.6 is 0 Å². The van der Waals surface area contributed by atoms with Crippen molar-refractivity contribution in [3.05, 3.63) is 28.7 Å². The van der Waals surface area contributed by atoms with Gasteiger partial charge in [0.1, 0.15) is 0 Å². The molecule has 1 aliphatic rings. The maximum absolute atomic E-state index is 12.3. The summed E-state index contributed by atoms with van der Waals surface area (Å²) < 4.78 is 31.2. The first-order chi connectivity index (χ1) is 8.54. The van der Waals surface area contributed by atoms with E-state index in [-0.39, 0.29) is 16.6 Å². The Hall–Kier alpha value is -1.18. The van der Waals surface area contributed by atoms with E-state index < -0.39 is 10.0 Å². The molecule has 0 aromatic carbocycles. The van der Waals surface area contributed by atoms with Crippen molar-refractivity contribution in [2.24, 2.45) is 0 Å². The number of pyridine rings is 1. The van der Waals surface area contributed by atoms with Gasteiger partial charge in [-0.05, 0) is 18.9 Å². The molecule has 0 aliphatic carbocycles. The Balaban J connectivity index is 2.25. The first kappa shape index (κ1) is 13.3. The van der Waals surface area contributed by atoms with E-state index in [2.05, 4.69) is 4.98 Å². The number of nitrogens with one attached hydrogen (secondary N) is 1. The molecule has 0 saturated carbocycles. The second-order valence-electron chi connectivity index (χ2n) is 4.25. The number of sulfonamides is 1. The Morgan fingerprint density at radius 2 is 2.22 bits per heavy atom. The average molecular weight is 272 g/mol. The fourth-order valence-electron chi connectivity index (χ4n) is 2.02. The monoisotopic (exact) mass is 272 g/mol. The summed E-state index contributed by atoms with van der Waals surface area (Å²) in [4.78, 5) is 13.4. The maximum Gasteiger partial charge on any atom is 0.247 e. The molecular formula is C11H16N2O4S. The zero-order chi connectivity index (χ0) is 13.2. The third-order valence-corrected chi connectivity index (χ3v) is 4.93. The van der Waals surface area contributed by atoms with Gasteiger partial charge in [0.15, 0.2) is 0 Å². The van der Waals surface area contributed by atoms with Crippen molar-refractivity contribution in [1.82, 2.24) is 9.29 Å². The number of piperidine rings is 1. The topological polar surface area (TPSA) is 79.5 Å². The number of methoxy groups -OCH3 is 1. The molecule has 1 saturated heterocycles. The molecule has 1 atom stereocenters. The van der Waals surface area contributed by atoms with Crippen LogP contribution in [0.1, 0.15) is 12.8 Å². The fourth-order valence-corrected chi connectivity index (χ4v) is 3.50. The number of hydrogen-bond acceptors (Lipinski definition) is 4. The van der Waals surface area contributed by atoms with Crippen molar-refractivity contribution in [2.45, 2.75) is 23.8 Å². The molecule has 2 rings (SSSR count). The normalized spacial score (nSPS) is 21.9. The highest BCUT2D eigenvalue weighted by molar-refractivity contribution is 7.89. The first-order valence-corrected chi connectivity index (χ1v) is 7.20. The van der Waals surface area contributed by atoms with Crippen molar-refractivity contribution in [3.8, 4) is 0 Å². The molecule has 1 aromatic heterocycles. The molecule has 100 valence electrons. The van der Waals surface area contributed by atoms with Gasteiger partial charge in [-0.3, -0.25) is 4.79 Å². The molecule has 7 heteroatoms. The largest absolute Gasteiger partial charge is 0.380 e. The highest BCUT2D eigenvalue weighted by Crippen LogP contribution is 2.20. The third kappa shape index (κ3) is 2.63. The molecule has 0 spiro atoms. The van der Waals surface area contributed by atoms with Gasteiger partial charge in [0, 0.05) is 32.5 Å². The van der Waals surface area contributed by atoms with E-state index in [1.54, 1.807) is 7.11 Å². The van der Waals surface area contributed by atoms with Crippen LogP contribution in [0, 0.1) is 0 Å². The number of nitrogens with zero attached hydrogens (tertiary/aromatic N) is 1. The van der Waals surface area contributed by atoms with Crippen molar-refractivity contribution in [2.75, 3.05) is 20.2 Å². The first-order valence-electron chi connectivity index (χ1n) is 5.76. The SMILES string of the molecule is COC1CCCN(S(=O)(=O)c2ccc(=O)[nH]c2)C1. The number of aromatic nitrogens is 1. The minimum absolute atomic E-state index is 0.0590. The Kier molecular flexibility index (Phi) is 3.84. The predicted octanol–water partition coefficient (Wildman–Crippen LogP) is 0.174. The molecule has 0 amide bonds. The van der Waals surface area contributed by atoms with Crippen LogP contribution in [0.4, 0.5) is 0 Å². The van der Waals surface area contributed by atoms with Crippen molar-refractivity contribution in [1.29, 1.82) is 0 Å². The Morgan fingerprint density at radius 3 is 2.83 bits per heavy atom. The summed E-state index contributed by atoms with van der Waals surface area (Å²) >= 11 is 0. The fraction of sp³-hybridized carbons (Fsp3) is 0.545. The van der Waals surface area contributed by atoms with E-state index in [9.17, 15) is 13.2 Å². The summed E-state index contributed by atoms with van der Waals surface area (Å²) in [5.74, 6) is 0. The smallest absolute Gasteiger partial charge is 0.247 e. The molecule has 18 heavy (non-hydrogen) atoms. The molecule has 2 heterocycles. The minimum Gasteiger partial charge on any atom is -0.380 e. The lowest BCUT2D eigenvalue weighted by Gasteiger charge is -2.30.